The Hall–Kier alpha value is -0.770. The number of methoxy groups -OCH3 is 1. The number of halogens is 1. The molecule has 0 aliphatic rings. The van der Waals surface area contributed by atoms with Gasteiger partial charge in [0.25, 0.3) is 0 Å². The van der Waals surface area contributed by atoms with E-state index in [-0.39, 0.29) is 6.54 Å². The molecule has 72 valence electrons. The van der Waals surface area contributed by atoms with E-state index in [2.05, 4.69) is 5.48 Å². The minimum Gasteiger partial charge on any atom is -0.496 e. The third-order valence-corrected chi connectivity index (χ3v) is 2.40. The van der Waals surface area contributed by atoms with E-state index in [1.54, 1.807) is 7.11 Å². The highest BCUT2D eigenvalue weighted by Gasteiger charge is 2.09. The zero-order valence-corrected chi connectivity index (χ0v) is 8.35. The number of rotatable bonds is 3. The number of hydrogen-bond donors (Lipinski definition) is 2. The molecule has 1 aromatic carbocycles. The van der Waals surface area contributed by atoms with Crippen LogP contribution in [0.2, 0.25) is 5.02 Å². The van der Waals surface area contributed by atoms with Gasteiger partial charge in [0, 0.05) is 5.56 Å². The average molecular weight is 202 g/mol. The molecule has 0 atom stereocenters. The molecule has 2 N–H and O–H groups in total. The molecule has 0 fully saturated rings. The molecular weight excluding hydrogens is 190 g/mol. The lowest BCUT2D eigenvalue weighted by Crippen LogP contribution is -2.08. The van der Waals surface area contributed by atoms with Gasteiger partial charge in [-0.2, -0.15) is 0 Å². The summed E-state index contributed by atoms with van der Waals surface area (Å²) in [6.45, 7) is 2.19. The fourth-order valence-electron chi connectivity index (χ4n) is 1.16. The Morgan fingerprint density at radius 2 is 2.23 bits per heavy atom. The van der Waals surface area contributed by atoms with E-state index in [9.17, 15) is 0 Å². The molecule has 4 heteroatoms. The van der Waals surface area contributed by atoms with Crippen LogP contribution >= 0.6 is 11.6 Å². The first-order valence-electron chi connectivity index (χ1n) is 3.89. The van der Waals surface area contributed by atoms with E-state index in [0.29, 0.717) is 10.8 Å². The maximum Gasteiger partial charge on any atom is 0.124 e. The van der Waals surface area contributed by atoms with Crippen LogP contribution < -0.4 is 10.2 Å². The minimum atomic E-state index is 0.281. The van der Waals surface area contributed by atoms with Gasteiger partial charge in [-0.05, 0) is 18.6 Å². The minimum absolute atomic E-state index is 0.281. The van der Waals surface area contributed by atoms with Gasteiger partial charge in [0.15, 0.2) is 0 Å². The summed E-state index contributed by atoms with van der Waals surface area (Å²) in [4.78, 5) is 0. The molecule has 0 saturated heterocycles. The van der Waals surface area contributed by atoms with Crippen LogP contribution in [-0.2, 0) is 6.54 Å². The Morgan fingerprint density at radius 1 is 1.54 bits per heavy atom. The molecule has 0 unspecified atom stereocenters. The van der Waals surface area contributed by atoms with Gasteiger partial charge in [0.05, 0.1) is 18.7 Å². The first kappa shape index (κ1) is 10.3. The van der Waals surface area contributed by atoms with Crippen molar-refractivity contribution in [2.75, 3.05) is 7.11 Å². The first-order valence-corrected chi connectivity index (χ1v) is 4.27. The quantitative estimate of drug-likeness (QED) is 0.737. The maximum absolute atomic E-state index is 8.59. The van der Waals surface area contributed by atoms with Crippen molar-refractivity contribution in [3.8, 4) is 5.75 Å². The number of hydrogen-bond acceptors (Lipinski definition) is 3. The van der Waals surface area contributed by atoms with Gasteiger partial charge in [-0.1, -0.05) is 17.7 Å². The molecule has 0 spiro atoms. The second kappa shape index (κ2) is 4.46. The van der Waals surface area contributed by atoms with Crippen molar-refractivity contribution in [3.63, 3.8) is 0 Å². The van der Waals surface area contributed by atoms with Crippen LogP contribution in [0.1, 0.15) is 11.1 Å². The van der Waals surface area contributed by atoms with Gasteiger partial charge in [0.2, 0.25) is 0 Å². The van der Waals surface area contributed by atoms with Crippen molar-refractivity contribution in [1.29, 1.82) is 0 Å². The predicted octanol–water partition coefficient (Wildman–Crippen LogP) is 2.14. The van der Waals surface area contributed by atoms with Crippen LogP contribution in [0.3, 0.4) is 0 Å². The second-order valence-electron chi connectivity index (χ2n) is 2.71. The van der Waals surface area contributed by atoms with Gasteiger partial charge in [-0.3, -0.25) is 0 Å². The molecule has 13 heavy (non-hydrogen) atoms. The van der Waals surface area contributed by atoms with Crippen molar-refractivity contribution in [2.45, 2.75) is 13.5 Å². The average Bonchev–Trinajstić information content (AvgIpc) is 2.14. The van der Waals surface area contributed by atoms with Gasteiger partial charge >= 0.3 is 0 Å². The molecule has 0 aliphatic carbocycles. The van der Waals surface area contributed by atoms with E-state index in [0.717, 1.165) is 11.1 Å². The largest absolute Gasteiger partial charge is 0.496 e. The van der Waals surface area contributed by atoms with E-state index < -0.39 is 0 Å². The van der Waals surface area contributed by atoms with Gasteiger partial charge in [-0.25, -0.2) is 5.48 Å². The number of hydroxylamine groups is 1. The van der Waals surface area contributed by atoms with Crippen molar-refractivity contribution in [1.82, 2.24) is 5.48 Å². The highest BCUT2D eigenvalue weighted by atomic mass is 35.5. The topological polar surface area (TPSA) is 41.5 Å². The number of benzene rings is 1. The summed E-state index contributed by atoms with van der Waals surface area (Å²) in [5.74, 6) is 0.678. The lowest BCUT2D eigenvalue weighted by Gasteiger charge is -2.11. The van der Waals surface area contributed by atoms with Crippen molar-refractivity contribution in [3.05, 3.63) is 28.3 Å². The Balaban J connectivity index is 3.15. The van der Waals surface area contributed by atoms with Crippen LogP contribution in [0.25, 0.3) is 0 Å². The van der Waals surface area contributed by atoms with Gasteiger partial charge in [0.1, 0.15) is 5.75 Å². The lowest BCUT2D eigenvalue weighted by atomic mass is 10.1. The fourth-order valence-corrected chi connectivity index (χ4v) is 1.38. The standard InChI is InChI=1S/C9H12ClNO2/c1-6-3-4-8(13-2)7(5-11-12)9(6)10/h3-4,11-12H,5H2,1-2H3. The zero-order valence-electron chi connectivity index (χ0n) is 7.60. The Morgan fingerprint density at radius 3 is 2.77 bits per heavy atom. The molecule has 0 heterocycles. The first-order chi connectivity index (χ1) is 6.20. The summed E-state index contributed by atoms with van der Waals surface area (Å²) in [7, 11) is 1.57. The van der Waals surface area contributed by atoms with Crippen molar-refractivity contribution in [2.24, 2.45) is 0 Å². The highest BCUT2D eigenvalue weighted by Crippen LogP contribution is 2.29. The molecule has 3 nitrogen and oxygen atoms in total. The summed E-state index contributed by atoms with van der Waals surface area (Å²) >= 11 is 6.02. The SMILES string of the molecule is COc1ccc(C)c(Cl)c1CNO. The van der Waals surface area contributed by atoms with Crippen LogP contribution in [0.4, 0.5) is 0 Å². The van der Waals surface area contributed by atoms with Gasteiger partial charge < -0.3 is 9.94 Å². The predicted molar refractivity (Wildman–Crippen MR) is 51.4 cm³/mol. The van der Waals surface area contributed by atoms with Crippen molar-refractivity contribution >= 4 is 11.6 Å². The monoisotopic (exact) mass is 201 g/mol. The van der Waals surface area contributed by atoms with E-state index in [1.807, 2.05) is 19.1 Å². The maximum atomic E-state index is 8.59. The smallest absolute Gasteiger partial charge is 0.124 e. The summed E-state index contributed by atoms with van der Waals surface area (Å²) in [5.41, 5.74) is 3.80. The van der Waals surface area contributed by atoms with Crippen LogP contribution in [0.5, 0.6) is 5.75 Å². The van der Waals surface area contributed by atoms with Crippen LogP contribution in [0, 0.1) is 6.92 Å². The molecule has 1 aromatic rings. The van der Waals surface area contributed by atoms with Crippen LogP contribution in [0.15, 0.2) is 12.1 Å². The molecular formula is C9H12ClNO2. The number of aryl methyl sites for hydroxylation is 1. The number of nitrogens with one attached hydrogen (secondary N) is 1. The zero-order chi connectivity index (χ0) is 9.84. The third kappa shape index (κ3) is 2.12. The normalized spacial score (nSPS) is 10.2. The molecule has 0 aromatic heterocycles. The Kier molecular flexibility index (Phi) is 3.54. The molecule has 0 amide bonds. The summed E-state index contributed by atoms with van der Waals surface area (Å²) in [6.07, 6.45) is 0. The van der Waals surface area contributed by atoms with Gasteiger partial charge in [-0.15, -0.1) is 0 Å². The second-order valence-corrected chi connectivity index (χ2v) is 3.09. The lowest BCUT2D eigenvalue weighted by molar-refractivity contribution is 0.160. The fraction of sp³-hybridized carbons (Fsp3) is 0.333. The molecule has 1 rings (SSSR count). The third-order valence-electron chi connectivity index (χ3n) is 1.87. The Bertz CT molecular complexity index is 302. The summed E-state index contributed by atoms with van der Waals surface area (Å²) in [5, 5.41) is 9.22. The van der Waals surface area contributed by atoms with E-state index in [1.165, 1.54) is 0 Å². The summed E-state index contributed by atoms with van der Waals surface area (Å²) in [6, 6.07) is 3.70. The van der Waals surface area contributed by atoms with Crippen molar-refractivity contribution < 1.29 is 9.94 Å². The summed E-state index contributed by atoms with van der Waals surface area (Å²) < 4.78 is 5.10. The van der Waals surface area contributed by atoms with E-state index in [4.69, 9.17) is 21.5 Å². The van der Waals surface area contributed by atoms with E-state index >= 15 is 0 Å². The Labute approximate surface area is 82.2 Å². The molecule has 0 radical (unpaired) electrons. The molecule has 0 saturated carbocycles. The van der Waals surface area contributed by atoms with Crippen LogP contribution in [-0.4, -0.2) is 12.3 Å². The highest BCUT2D eigenvalue weighted by molar-refractivity contribution is 6.32. The number of ether oxygens (including phenoxy) is 1. The molecule has 0 bridgehead atoms. The molecule has 0 aliphatic heterocycles.